The third kappa shape index (κ3) is 5.90. The van der Waals surface area contributed by atoms with Crippen LogP contribution in [0.1, 0.15) is 24.2 Å². The minimum atomic E-state index is -3.86. The van der Waals surface area contributed by atoms with Gasteiger partial charge in [-0.2, -0.15) is 4.72 Å². The van der Waals surface area contributed by atoms with Gasteiger partial charge >= 0.3 is 5.97 Å². The summed E-state index contributed by atoms with van der Waals surface area (Å²) >= 11 is 0. The Labute approximate surface area is 158 Å². The number of esters is 1. The Hall–Kier alpha value is -2.71. The van der Waals surface area contributed by atoms with Crippen molar-refractivity contribution in [2.24, 2.45) is 0 Å². The molecule has 0 saturated carbocycles. The molecule has 0 heterocycles. The van der Waals surface area contributed by atoms with Gasteiger partial charge in [0.1, 0.15) is 11.8 Å². The van der Waals surface area contributed by atoms with E-state index in [1.807, 2.05) is 6.92 Å². The SMILES string of the molecule is CCOc1ccc(C(=O)COC(=O)C(C)NS(=O)(=O)c2ccccc2)cc1. The zero-order valence-electron chi connectivity index (χ0n) is 15.0. The van der Waals surface area contributed by atoms with Crippen molar-refractivity contribution in [1.29, 1.82) is 0 Å². The summed E-state index contributed by atoms with van der Waals surface area (Å²) in [6.45, 7) is 3.24. The van der Waals surface area contributed by atoms with Crippen LogP contribution >= 0.6 is 0 Å². The summed E-state index contributed by atoms with van der Waals surface area (Å²) in [5.41, 5.74) is 0.365. The molecule has 8 heteroatoms. The molecule has 0 aliphatic heterocycles. The zero-order valence-corrected chi connectivity index (χ0v) is 15.9. The van der Waals surface area contributed by atoms with Crippen LogP contribution in [0.15, 0.2) is 59.5 Å². The molecular weight excluding hydrogens is 370 g/mol. The van der Waals surface area contributed by atoms with E-state index in [9.17, 15) is 18.0 Å². The predicted molar refractivity (Wildman–Crippen MR) is 99.1 cm³/mol. The first-order valence-electron chi connectivity index (χ1n) is 8.33. The average molecular weight is 391 g/mol. The number of rotatable bonds is 9. The fourth-order valence-electron chi connectivity index (χ4n) is 2.20. The van der Waals surface area contributed by atoms with Gasteiger partial charge in [0.05, 0.1) is 11.5 Å². The Morgan fingerprint density at radius 1 is 1.04 bits per heavy atom. The third-order valence-corrected chi connectivity index (χ3v) is 5.13. The molecule has 2 rings (SSSR count). The molecular formula is C19H21NO6S. The molecule has 7 nitrogen and oxygen atoms in total. The molecule has 1 unspecified atom stereocenters. The number of ketones is 1. The van der Waals surface area contributed by atoms with Crippen molar-refractivity contribution in [2.45, 2.75) is 24.8 Å². The lowest BCUT2D eigenvalue weighted by atomic mass is 10.1. The lowest BCUT2D eigenvalue weighted by Crippen LogP contribution is -2.40. The van der Waals surface area contributed by atoms with Gasteiger partial charge in [-0.1, -0.05) is 18.2 Å². The molecule has 0 spiro atoms. The van der Waals surface area contributed by atoms with Crippen LogP contribution in [0.3, 0.4) is 0 Å². The van der Waals surface area contributed by atoms with Crippen LogP contribution in [0.2, 0.25) is 0 Å². The second kappa shape index (κ2) is 9.29. The summed E-state index contributed by atoms with van der Waals surface area (Å²) in [6.07, 6.45) is 0. The molecule has 0 saturated heterocycles. The monoisotopic (exact) mass is 391 g/mol. The van der Waals surface area contributed by atoms with Crippen molar-refractivity contribution in [3.05, 3.63) is 60.2 Å². The number of carbonyl (C=O) groups is 2. The molecule has 2 aromatic rings. The highest BCUT2D eigenvalue weighted by molar-refractivity contribution is 7.89. The molecule has 0 aliphatic rings. The van der Waals surface area contributed by atoms with Gasteiger partial charge in [-0.3, -0.25) is 9.59 Å². The Morgan fingerprint density at radius 3 is 2.26 bits per heavy atom. The van der Waals surface area contributed by atoms with Gasteiger partial charge in [-0.25, -0.2) is 8.42 Å². The third-order valence-electron chi connectivity index (χ3n) is 3.57. The van der Waals surface area contributed by atoms with Crippen LogP contribution in [0.5, 0.6) is 5.75 Å². The van der Waals surface area contributed by atoms with E-state index in [-0.39, 0.29) is 4.90 Å². The second-order valence-electron chi connectivity index (χ2n) is 5.64. The van der Waals surface area contributed by atoms with Crippen molar-refractivity contribution >= 4 is 21.8 Å². The van der Waals surface area contributed by atoms with Gasteiger partial charge < -0.3 is 9.47 Å². The number of carbonyl (C=O) groups excluding carboxylic acids is 2. The Morgan fingerprint density at radius 2 is 1.67 bits per heavy atom. The normalized spacial score (nSPS) is 12.2. The number of hydrogen-bond donors (Lipinski definition) is 1. The van der Waals surface area contributed by atoms with E-state index in [0.29, 0.717) is 17.9 Å². The van der Waals surface area contributed by atoms with Gasteiger partial charge in [0.2, 0.25) is 10.0 Å². The van der Waals surface area contributed by atoms with Crippen LogP contribution in [-0.2, 0) is 19.6 Å². The molecule has 0 aliphatic carbocycles. The van der Waals surface area contributed by atoms with E-state index >= 15 is 0 Å². The summed E-state index contributed by atoms with van der Waals surface area (Å²) in [4.78, 5) is 24.1. The molecule has 144 valence electrons. The van der Waals surface area contributed by atoms with Gasteiger partial charge in [0.15, 0.2) is 12.4 Å². The van der Waals surface area contributed by atoms with Crippen LogP contribution in [-0.4, -0.2) is 39.4 Å². The summed E-state index contributed by atoms with van der Waals surface area (Å²) in [5.74, 6) is -0.603. The maximum Gasteiger partial charge on any atom is 0.324 e. The molecule has 0 fully saturated rings. The number of ether oxygens (including phenoxy) is 2. The highest BCUT2D eigenvalue weighted by Crippen LogP contribution is 2.13. The number of Topliss-reactive ketones (excluding diaryl/α,β-unsaturated/α-hetero) is 1. The van der Waals surface area contributed by atoms with Crippen molar-refractivity contribution in [1.82, 2.24) is 4.72 Å². The minimum Gasteiger partial charge on any atom is -0.494 e. The van der Waals surface area contributed by atoms with Gasteiger partial charge in [0, 0.05) is 5.56 Å². The maximum absolute atomic E-state index is 12.2. The number of hydrogen-bond acceptors (Lipinski definition) is 6. The van der Waals surface area contributed by atoms with Crippen molar-refractivity contribution in [2.75, 3.05) is 13.2 Å². The second-order valence-corrected chi connectivity index (χ2v) is 7.36. The maximum atomic E-state index is 12.2. The van der Waals surface area contributed by atoms with Crippen molar-refractivity contribution in [3.8, 4) is 5.75 Å². The highest BCUT2D eigenvalue weighted by Gasteiger charge is 2.23. The molecule has 0 bridgehead atoms. The standard InChI is InChI=1S/C19H21NO6S/c1-3-25-16-11-9-15(10-12-16)18(21)13-26-19(22)14(2)20-27(23,24)17-7-5-4-6-8-17/h4-12,14,20H,3,13H2,1-2H3. The molecule has 0 amide bonds. The minimum absolute atomic E-state index is 0.0371. The van der Waals surface area contributed by atoms with Crippen LogP contribution in [0.4, 0.5) is 0 Å². The van der Waals surface area contributed by atoms with Crippen molar-refractivity contribution in [3.63, 3.8) is 0 Å². The molecule has 2 aromatic carbocycles. The molecule has 0 aromatic heterocycles. The number of nitrogens with one attached hydrogen (secondary N) is 1. The Balaban J connectivity index is 1.90. The summed E-state index contributed by atoms with van der Waals surface area (Å²) in [7, 11) is -3.86. The molecule has 27 heavy (non-hydrogen) atoms. The Kier molecular flexibility index (Phi) is 7.09. The quantitative estimate of drug-likeness (QED) is 0.520. The first-order chi connectivity index (χ1) is 12.8. The molecule has 1 atom stereocenters. The largest absolute Gasteiger partial charge is 0.494 e. The lowest BCUT2D eigenvalue weighted by molar-refractivity contribution is -0.144. The predicted octanol–water partition coefficient (Wildman–Crippen LogP) is 2.18. The van der Waals surface area contributed by atoms with E-state index in [0.717, 1.165) is 0 Å². The molecule has 0 radical (unpaired) electrons. The smallest absolute Gasteiger partial charge is 0.324 e. The summed E-state index contributed by atoms with van der Waals surface area (Å²) in [6, 6.07) is 13.0. The summed E-state index contributed by atoms with van der Waals surface area (Å²) < 4.78 is 36.8. The zero-order chi connectivity index (χ0) is 19.9. The highest BCUT2D eigenvalue weighted by atomic mass is 32.2. The van der Waals surface area contributed by atoms with Gasteiger partial charge in [-0.15, -0.1) is 0 Å². The number of sulfonamides is 1. The van der Waals surface area contributed by atoms with E-state index in [1.165, 1.54) is 19.1 Å². The molecule has 1 N–H and O–H groups in total. The van der Waals surface area contributed by atoms with E-state index < -0.39 is 34.4 Å². The van der Waals surface area contributed by atoms with Crippen LogP contribution in [0, 0.1) is 0 Å². The Bertz CT molecular complexity index is 878. The topological polar surface area (TPSA) is 98.8 Å². The van der Waals surface area contributed by atoms with E-state index in [1.54, 1.807) is 42.5 Å². The summed E-state index contributed by atoms with van der Waals surface area (Å²) in [5, 5.41) is 0. The number of benzene rings is 2. The van der Waals surface area contributed by atoms with Gasteiger partial charge in [0.25, 0.3) is 0 Å². The first-order valence-corrected chi connectivity index (χ1v) is 9.82. The van der Waals surface area contributed by atoms with Crippen molar-refractivity contribution < 1.29 is 27.5 Å². The fraction of sp³-hybridized carbons (Fsp3) is 0.263. The van der Waals surface area contributed by atoms with Gasteiger partial charge in [-0.05, 0) is 50.2 Å². The fourth-order valence-corrected chi connectivity index (χ4v) is 3.41. The van der Waals surface area contributed by atoms with Crippen LogP contribution < -0.4 is 9.46 Å². The van der Waals surface area contributed by atoms with Crippen LogP contribution in [0.25, 0.3) is 0 Å². The average Bonchev–Trinajstić information content (AvgIpc) is 2.67. The first kappa shape index (κ1) is 20.6. The van der Waals surface area contributed by atoms with E-state index in [4.69, 9.17) is 9.47 Å². The lowest BCUT2D eigenvalue weighted by Gasteiger charge is -2.13. The van der Waals surface area contributed by atoms with E-state index in [2.05, 4.69) is 4.72 Å².